The molecule has 20 heavy (non-hydrogen) atoms. The van der Waals surface area contributed by atoms with E-state index in [0.29, 0.717) is 25.2 Å². The third-order valence-electron chi connectivity index (χ3n) is 4.99. The van der Waals surface area contributed by atoms with Gasteiger partial charge in [0, 0.05) is 18.6 Å². The predicted octanol–water partition coefficient (Wildman–Crippen LogP) is 2.01. The molecular weight excluding hydrogens is 252 g/mol. The fourth-order valence-corrected chi connectivity index (χ4v) is 3.98. The zero-order valence-corrected chi connectivity index (χ0v) is 13.3. The maximum Gasteiger partial charge on any atom is 0.237 e. The highest BCUT2D eigenvalue weighted by Crippen LogP contribution is 2.30. The number of carbonyl (C=O) groups is 1. The predicted molar refractivity (Wildman–Crippen MR) is 80.5 cm³/mol. The number of amides is 1. The summed E-state index contributed by atoms with van der Waals surface area (Å²) in [6.45, 7) is 5.35. The number of hydrogen-bond donors (Lipinski definition) is 1. The monoisotopic (exact) mass is 282 g/mol. The highest BCUT2D eigenvalue weighted by atomic mass is 16.3. The largest absolute Gasteiger partial charge is 0.389 e. The molecule has 1 saturated carbocycles. The van der Waals surface area contributed by atoms with Crippen molar-refractivity contribution in [3.05, 3.63) is 0 Å². The van der Waals surface area contributed by atoms with E-state index in [9.17, 15) is 9.90 Å². The van der Waals surface area contributed by atoms with Crippen molar-refractivity contribution in [1.29, 1.82) is 0 Å². The molecule has 1 heterocycles. The lowest BCUT2D eigenvalue weighted by Crippen LogP contribution is -2.52. The van der Waals surface area contributed by atoms with E-state index in [-0.39, 0.29) is 5.91 Å². The van der Waals surface area contributed by atoms with Crippen LogP contribution in [-0.2, 0) is 4.79 Å². The quantitative estimate of drug-likeness (QED) is 0.858. The van der Waals surface area contributed by atoms with Crippen LogP contribution in [0.4, 0.5) is 0 Å². The standard InChI is InChI=1S/C16H30N2O2/c1-13-7-6-8-14(2)18(13)15(19)11-17(3)12-16(20)9-4-5-10-16/h13-14,20H,4-12H2,1-3H3. The van der Waals surface area contributed by atoms with Gasteiger partial charge < -0.3 is 10.0 Å². The molecule has 116 valence electrons. The van der Waals surface area contributed by atoms with Gasteiger partial charge in [0.2, 0.25) is 5.91 Å². The molecule has 1 aliphatic carbocycles. The third kappa shape index (κ3) is 3.73. The summed E-state index contributed by atoms with van der Waals surface area (Å²) in [6.07, 6.45) is 7.43. The van der Waals surface area contributed by atoms with E-state index in [1.54, 1.807) is 0 Å². The Morgan fingerprint density at radius 1 is 1.20 bits per heavy atom. The molecule has 0 radical (unpaired) electrons. The fraction of sp³-hybridized carbons (Fsp3) is 0.938. The zero-order valence-electron chi connectivity index (χ0n) is 13.3. The lowest BCUT2D eigenvalue weighted by molar-refractivity contribution is -0.138. The first kappa shape index (κ1) is 15.8. The van der Waals surface area contributed by atoms with Gasteiger partial charge in [-0.2, -0.15) is 0 Å². The fourth-order valence-electron chi connectivity index (χ4n) is 3.98. The van der Waals surface area contributed by atoms with E-state index in [1.807, 2.05) is 11.9 Å². The van der Waals surface area contributed by atoms with Gasteiger partial charge in [-0.15, -0.1) is 0 Å². The third-order valence-corrected chi connectivity index (χ3v) is 4.99. The number of rotatable bonds is 4. The van der Waals surface area contributed by atoms with E-state index in [2.05, 4.69) is 18.7 Å². The van der Waals surface area contributed by atoms with Crippen molar-refractivity contribution in [2.45, 2.75) is 76.5 Å². The van der Waals surface area contributed by atoms with Gasteiger partial charge in [0.15, 0.2) is 0 Å². The molecule has 0 spiro atoms. The molecule has 1 N–H and O–H groups in total. The molecule has 4 heteroatoms. The SMILES string of the molecule is CC1CCCC(C)N1C(=O)CN(C)CC1(O)CCCC1. The van der Waals surface area contributed by atoms with Crippen LogP contribution in [0.15, 0.2) is 0 Å². The highest BCUT2D eigenvalue weighted by molar-refractivity contribution is 5.79. The van der Waals surface area contributed by atoms with Gasteiger partial charge in [0.25, 0.3) is 0 Å². The lowest BCUT2D eigenvalue weighted by Gasteiger charge is -2.40. The second-order valence-electron chi connectivity index (χ2n) is 7.03. The van der Waals surface area contributed by atoms with Crippen LogP contribution < -0.4 is 0 Å². The Morgan fingerprint density at radius 3 is 2.30 bits per heavy atom. The van der Waals surface area contributed by atoms with Crippen molar-refractivity contribution >= 4 is 5.91 Å². The van der Waals surface area contributed by atoms with Crippen LogP contribution in [0.3, 0.4) is 0 Å². The van der Waals surface area contributed by atoms with Gasteiger partial charge in [-0.05, 0) is 53.0 Å². The summed E-state index contributed by atoms with van der Waals surface area (Å²) in [7, 11) is 1.95. The first-order valence-electron chi connectivity index (χ1n) is 8.13. The van der Waals surface area contributed by atoms with Crippen molar-refractivity contribution in [2.75, 3.05) is 20.1 Å². The van der Waals surface area contributed by atoms with Gasteiger partial charge in [0.1, 0.15) is 0 Å². The molecule has 0 aromatic carbocycles. The number of carbonyl (C=O) groups excluding carboxylic acids is 1. The smallest absolute Gasteiger partial charge is 0.237 e. The van der Waals surface area contributed by atoms with Crippen LogP contribution in [0, 0.1) is 0 Å². The number of hydrogen-bond acceptors (Lipinski definition) is 3. The van der Waals surface area contributed by atoms with Gasteiger partial charge in [-0.25, -0.2) is 0 Å². The van der Waals surface area contributed by atoms with E-state index in [0.717, 1.165) is 38.5 Å². The minimum atomic E-state index is -0.561. The molecule has 0 bridgehead atoms. The molecule has 0 aromatic rings. The topological polar surface area (TPSA) is 43.8 Å². The molecule has 1 amide bonds. The van der Waals surface area contributed by atoms with E-state index < -0.39 is 5.60 Å². The summed E-state index contributed by atoms with van der Waals surface area (Å²) in [5.41, 5.74) is -0.561. The van der Waals surface area contributed by atoms with Gasteiger partial charge in [-0.3, -0.25) is 9.69 Å². The summed E-state index contributed by atoms with van der Waals surface area (Å²) in [6, 6.07) is 0.712. The van der Waals surface area contributed by atoms with Crippen LogP contribution in [0.5, 0.6) is 0 Å². The first-order valence-corrected chi connectivity index (χ1v) is 8.13. The number of piperidine rings is 1. The maximum absolute atomic E-state index is 12.5. The van der Waals surface area contributed by atoms with Crippen LogP contribution in [0.25, 0.3) is 0 Å². The molecular formula is C16H30N2O2. The Balaban J connectivity index is 1.86. The van der Waals surface area contributed by atoms with Crippen LogP contribution in [0.1, 0.15) is 58.8 Å². The van der Waals surface area contributed by atoms with Gasteiger partial charge in [0.05, 0.1) is 12.1 Å². The molecule has 2 aliphatic rings. The Morgan fingerprint density at radius 2 is 1.75 bits per heavy atom. The Labute approximate surface area is 123 Å². The van der Waals surface area contributed by atoms with Crippen molar-refractivity contribution in [3.8, 4) is 0 Å². The summed E-state index contributed by atoms with van der Waals surface area (Å²) >= 11 is 0. The van der Waals surface area contributed by atoms with Crippen LogP contribution in [-0.4, -0.2) is 58.6 Å². The number of nitrogens with zero attached hydrogens (tertiary/aromatic N) is 2. The van der Waals surface area contributed by atoms with E-state index >= 15 is 0 Å². The number of likely N-dealkylation sites (N-methyl/N-ethyl adjacent to an activating group) is 1. The molecule has 1 saturated heterocycles. The second-order valence-corrected chi connectivity index (χ2v) is 7.03. The average molecular weight is 282 g/mol. The minimum Gasteiger partial charge on any atom is -0.389 e. The van der Waals surface area contributed by atoms with E-state index in [1.165, 1.54) is 6.42 Å². The first-order chi connectivity index (χ1) is 9.41. The summed E-state index contributed by atoms with van der Waals surface area (Å²) in [5.74, 6) is 0.216. The average Bonchev–Trinajstić information content (AvgIpc) is 2.74. The normalized spacial score (nSPS) is 29.9. The summed E-state index contributed by atoms with van der Waals surface area (Å²) < 4.78 is 0. The Kier molecular flexibility index (Phi) is 5.08. The molecule has 0 aromatic heterocycles. The van der Waals surface area contributed by atoms with Gasteiger partial charge in [-0.1, -0.05) is 12.8 Å². The molecule has 2 rings (SSSR count). The van der Waals surface area contributed by atoms with Crippen LogP contribution >= 0.6 is 0 Å². The molecule has 4 nitrogen and oxygen atoms in total. The van der Waals surface area contributed by atoms with Crippen molar-refractivity contribution < 1.29 is 9.90 Å². The summed E-state index contributed by atoms with van der Waals surface area (Å²) in [4.78, 5) is 16.6. The number of aliphatic hydroxyl groups is 1. The number of likely N-dealkylation sites (tertiary alicyclic amines) is 1. The molecule has 2 fully saturated rings. The zero-order chi connectivity index (χ0) is 14.8. The highest BCUT2D eigenvalue weighted by Gasteiger charge is 2.34. The second kappa shape index (κ2) is 6.44. The molecule has 2 unspecified atom stereocenters. The van der Waals surface area contributed by atoms with Gasteiger partial charge >= 0.3 is 0 Å². The van der Waals surface area contributed by atoms with Crippen molar-refractivity contribution in [3.63, 3.8) is 0 Å². The van der Waals surface area contributed by atoms with Crippen molar-refractivity contribution in [1.82, 2.24) is 9.80 Å². The Hall–Kier alpha value is -0.610. The minimum absolute atomic E-state index is 0.216. The van der Waals surface area contributed by atoms with Crippen molar-refractivity contribution in [2.24, 2.45) is 0 Å². The lowest BCUT2D eigenvalue weighted by atomic mass is 9.97. The molecule has 1 aliphatic heterocycles. The summed E-state index contributed by atoms with van der Waals surface area (Å²) in [5, 5.41) is 10.4. The van der Waals surface area contributed by atoms with Crippen LogP contribution in [0.2, 0.25) is 0 Å². The molecule has 2 atom stereocenters. The maximum atomic E-state index is 12.5. The van der Waals surface area contributed by atoms with E-state index in [4.69, 9.17) is 0 Å². The Bertz CT molecular complexity index is 329.